The van der Waals surface area contributed by atoms with Crippen molar-refractivity contribution in [2.24, 2.45) is 23.7 Å². The van der Waals surface area contributed by atoms with Crippen molar-refractivity contribution in [3.05, 3.63) is 11.8 Å². The molecule has 24 heavy (non-hydrogen) atoms. The Balaban J connectivity index is 1.78. The minimum absolute atomic E-state index is 0.0201. The van der Waals surface area contributed by atoms with Gasteiger partial charge in [-0.3, -0.25) is 4.79 Å². The van der Waals surface area contributed by atoms with Crippen LogP contribution in [0.15, 0.2) is 11.8 Å². The maximum atomic E-state index is 12.1. The maximum absolute atomic E-state index is 12.1. The number of hydrogen-bond acceptors (Lipinski definition) is 6. The highest BCUT2D eigenvalue weighted by atomic mass is 16.7. The molecule has 2 heterocycles. The van der Waals surface area contributed by atoms with E-state index < -0.39 is 12.1 Å². The second-order valence-corrected chi connectivity index (χ2v) is 7.89. The Hall–Kier alpha value is -1.11. The van der Waals surface area contributed by atoms with Crippen LogP contribution in [-0.4, -0.2) is 42.5 Å². The summed E-state index contributed by atoms with van der Waals surface area (Å²) in [5, 5.41) is 9.63. The zero-order valence-electron chi connectivity index (χ0n) is 14.9. The molecule has 3 aliphatic rings. The molecule has 6 heteroatoms. The molecule has 1 saturated heterocycles. The van der Waals surface area contributed by atoms with Crippen molar-refractivity contribution in [1.29, 1.82) is 0 Å². The first-order chi connectivity index (χ1) is 11.3. The Morgan fingerprint density at radius 1 is 1.46 bits per heavy atom. The van der Waals surface area contributed by atoms with E-state index in [-0.39, 0.29) is 42.4 Å². The topological polar surface area (TPSA) is 74.2 Å². The molecule has 1 saturated carbocycles. The Kier molecular flexibility index (Phi) is 4.91. The van der Waals surface area contributed by atoms with Crippen molar-refractivity contribution in [3.8, 4) is 0 Å². The van der Waals surface area contributed by atoms with E-state index in [1.807, 2.05) is 27.7 Å². The summed E-state index contributed by atoms with van der Waals surface area (Å²) < 4.78 is 23.2. The molecular weight excluding hydrogens is 312 g/mol. The van der Waals surface area contributed by atoms with Gasteiger partial charge in [0.05, 0.1) is 25.6 Å². The number of aliphatic hydroxyl groups excluding tert-OH is 1. The van der Waals surface area contributed by atoms with Crippen molar-refractivity contribution in [2.45, 2.75) is 58.7 Å². The minimum Gasteiger partial charge on any atom is -0.462 e. The average molecular weight is 340 g/mol. The van der Waals surface area contributed by atoms with Gasteiger partial charge in [-0.05, 0) is 37.7 Å². The van der Waals surface area contributed by atoms with Crippen LogP contribution in [0.5, 0.6) is 0 Å². The lowest BCUT2D eigenvalue weighted by Crippen LogP contribution is -2.47. The summed E-state index contributed by atoms with van der Waals surface area (Å²) in [4.78, 5) is 12.1. The first-order valence-electron chi connectivity index (χ1n) is 8.77. The molecule has 3 rings (SSSR count). The Morgan fingerprint density at radius 2 is 2.21 bits per heavy atom. The maximum Gasteiger partial charge on any atom is 0.309 e. The van der Waals surface area contributed by atoms with Gasteiger partial charge in [-0.1, -0.05) is 13.8 Å². The molecule has 1 aliphatic carbocycles. The number of rotatable bonds is 4. The van der Waals surface area contributed by atoms with Crippen molar-refractivity contribution >= 4 is 5.97 Å². The zero-order valence-corrected chi connectivity index (χ0v) is 14.9. The Bertz CT molecular complexity index is 512. The fourth-order valence-corrected chi connectivity index (χ4v) is 4.07. The number of carbonyl (C=O) groups is 1. The zero-order chi connectivity index (χ0) is 17.5. The van der Waals surface area contributed by atoms with E-state index in [1.54, 1.807) is 6.26 Å². The number of hydrogen-bond donors (Lipinski definition) is 1. The standard InChI is InChI=1S/C18H28O6/c1-10(2)5-15(20)23-17-16-12(11(7-19)8-21-17)6-14-13(16)9-22-18(3,4)24-14/h8,10,12-14,16-17,19H,5-7,9H2,1-4H3/t12-,13+,14+,16+,17+/m1/s1. The van der Waals surface area contributed by atoms with E-state index in [0.717, 1.165) is 12.0 Å². The molecule has 2 aliphatic heterocycles. The lowest BCUT2D eigenvalue weighted by molar-refractivity contribution is -0.296. The molecule has 136 valence electrons. The van der Waals surface area contributed by atoms with Crippen LogP contribution in [0.3, 0.4) is 0 Å². The van der Waals surface area contributed by atoms with Crippen LogP contribution >= 0.6 is 0 Å². The summed E-state index contributed by atoms with van der Waals surface area (Å²) >= 11 is 0. The molecule has 0 spiro atoms. The molecule has 0 bridgehead atoms. The number of fused-ring (bicyclic) bond motifs is 3. The van der Waals surface area contributed by atoms with Crippen molar-refractivity contribution < 1.29 is 28.8 Å². The van der Waals surface area contributed by atoms with Gasteiger partial charge in [0.25, 0.3) is 0 Å². The molecule has 1 N–H and O–H groups in total. The van der Waals surface area contributed by atoms with Crippen molar-refractivity contribution in [3.63, 3.8) is 0 Å². The van der Waals surface area contributed by atoms with Gasteiger partial charge < -0.3 is 24.1 Å². The second-order valence-electron chi connectivity index (χ2n) is 7.89. The molecule has 0 radical (unpaired) electrons. The first kappa shape index (κ1) is 17.7. The molecule has 6 nitrogen and oxygen atoms in total. The number of ether oxygens (including phenoxy) is 4. The minimum atomic E-state index is -0.639. The third kappa shape index (κ3) is 3.46. The summed E-state index contributed by atoms with van der Waals surface area (Å²) in [5.74, 6) is -0.491. The average Bonchev–Trinajstić information content (AvgIpc) is 2.83. The third-order valence-corrected chi connectivity index (χ3v) is 5.13. The third-order valence-electron chi connectivity index (χ3n) is 5.13. The molecule has 5 atom stereocenters. The quantitative estimate of drug-likeness (QED) is 0.791. The summed E-state index contributed by atoms with van der Waals surface area (Å²) in [6.45, 7) is 8.25. The van der Waals surface area contributed by atoms with Gasteiger partial charge in [0.2, 0.25) is 6.29 Å². The summed E-state index contributed by atoms with van der Waals surface area (Å²) in [6.07, 6.45) is 2.09. The van der Waals surface area contributed by atoms with Gasteiger partial charge in [-0.15, -0.1) is 0 Å². The van der Waals surface area contributed by atoms with Crippen LogP contribution in [0, 0.1) is 23.7 Å². The van der Waals surface area contributed by atoms with Gasteiger partial charge in [-0.2, -0.15) is 0 Å². The van der Waals surface area contributed by atoms with E-state index >= 15 is 0 Å². The number of carbonyl (C=O) groups excluding carboxylic acids is 1. The smallest absolute Gasteiger partial charge is 0.309 e. The fraction of sp³-hybridized carbons (Fsp3) is 0.833. The van der Waals surface area contributed by atoms with Gasteiger partial charge in [0, 0.05) is 18.3 Å². The van der Waals surface area contributed by atoms with Crippen molar-refractivity contribution in [2.75, 3.05) is 13.2 Å². The molecule has 0 aromatic carbocycles. The Morgan fingerprint density at radius 3 is 2.88 bits per heavy atom. The largest absolute Gasteiger partial charge is 0.462 e. The van der Waals surface area contributed by atoms with E-state index in [9.17, 15) is 9.90 Å². The normalized spacial score (nSPS) is 37.2. The Labute approximate surface area is 143 Å². The highest BCUT2D eigenvalue weighted by Crippen LogP contribution is 2.50. The monoisotopic (exact) mass is 340 g/mol. The van der Waals surface area contributed by atoms with E-state index in [0.29, 0.717) is 13.0 Å². The van der Waals surface area contributed by atoms with Crippen LogP contribution in [0.4, 0.5) is 0 Å². The van der Waals surface area contributed by atoms with E-state index in [1.165, 1.54) is 0 Å². The van der Waals surface area contributed by atoms with E-state index in [4.69, 9.17) is 18.9 Å². The molecule has 0 amide bonds. The number of esters is 1. The van der Waals surface area contributed by atoms with Gasteiger partial charge in [-0.25, -0.2) is 0 Å². The van der Waals surface area contributed by atoms with Crippen molar-refractivity contribution in [1.82, 2.24) is 0 Å². The highest BCUT2D eigenvalue weighted by Gasteiger charge is 2.55. The van der Waals surface area contributed by atoms with Crippen LogP contribution in [0.25, 0.3) is 0 Å². The lowest BCUT2D eigenvalue weighted by atomic mass is 9.83. The van der Waals surface area contributed by atoms with Crippen LogP contribution in [0.2, 0.25) is 0 Å². The predicted octanol–water partition coefficient (Wildman–Crippen LogP) is 2.21. The van der Waals surface area contributed by atoms with Crippen LogP contribution in [-0.2, 0) is 23.7 Å². The van der Waals surface area contributed by atoms with Crippen LogP contribution < -0.4 is 0 Å². The molecule has 0 aromatic heterocycles. The molecule has 0 unspecified atom stereocenters. The summed E-state index contributed by atoms with van der Waals surface area (Å²) in [5.41, 5.74) is 0.840. The van der Waals surface area contributed by atoms with Gasteiger partial charge in [0.1, 0.15) is 0 Å². The first-order valence-corrected chi connectivity index (χ1v) is 8.77. The summed E-state index contributed by atoms with van der Waals surface area (Å²) in [7, 11) is 0. The fourth-order valence-electron chi connectivity index (χ4n) is 4.07. The summed E-state index contributed by atoms with van der Waals surface area (Å²) in [6, 6.07) is 0. The number of aliphatic hydroxyl groups is 1. The van der Waals surface area contributed by atoms with E-state index in [2.05, 4.69) is 0 Å². The highest BCUT2D eigenvalue weighted by molar-refractivity contribution is 5.69. The molecule has 0 aromatic rings. The predicted molar refractivity (Wildman–Crippen MR) is 85.6 cm³/mol. The SMILES string of the molecule is CC(C)CC(=O)O[C@@H]1OC=C(CO)[C@H]2C[C@@H]3OC(C)(C)OC[C@@H]3[C@@H]12. The van der Waals surface area contributed by atoms with Gasteiger partial charge >= 0.3 is 5.97 Å². The second kappa shape index (κ2) is 6.65. The van der Waals surface area contributed by atoms with Crippen LogP contribution in [0.1, 0.15) is 40.5 Å². The lowest BCUT2D eigenvalue weighted by Gasteiger charge is -2.41. The molecule has 2 fully saturated rings. The molecular formula is C18H28O6. The van der Waals surface area contributed by atoms with Gasteiger partial charge in [0.15, 0.2) is 5.79 Å².